The SMILES string of the molecule is C#C[C@@H]1[C@@H](CN(C)C)C[C@@H](C(=O)Nc2nc(Br)ccc2C)N1C(=O)Cn1nc(C(C)=O)c2cc(-c3cnc(C)nc3)cc(CF)c21. The number of benzene rings is 1. The average molecular weight is 690 g/mol. The fraction of sp³-hybridized carbons (Fsp3) is 0.364. The van der Waals surface area contributed by atoms with Crippen molar-refractivity contribution in [3.8, 4) is 23.5 Å². The summed E-state index contributed by atoms with van der Waals surface area (Å²) in [6.07, 6.45) is 9.58. The van der Waals surface area contributed by atoms with Crippen LogP contribution in [0.25, 0.3) is 22.0 Å². The van der Waals surface area contributed by atoms with Crippen molar-refractivity contribution in [2.24, 2.45) is 5.92 Å². The molecule has 1 fully saturated rings. The van der Waals surface area contributed by atoms with E-state index in [1.165, 1.54) is 16.5 Å². The lowest BCUT2D eigenvalue weighted by atomic mass is 9.98. The number of aromatic nitrogens is 5. The van der Waals surface area contributed by atoms with Crippen molar-refractivity contribution in [1.82, 2.24) is 34.5 Å². The Morgan fingerprint density at radius 1 is 1.15 bits per heavy atom. The number of hydrogen-bond donors (Lipinski definition) is 1. The molecule has 0 bridgehead atoms. The highest BCUT2D eigenvalue weighted by atomic mass is 79.9. The zero-order chi connectivity index (χ0) is 33.3. The number of alkyl halides is 1. The first-order chi connectivity index (χ1) is 21.9. The molecule has 0 radical (unpaired) electrons. The van der Waals surface area contributed by atoms with Crippen molar-refractivity contribution in [2.75, 3.05) is 26.0 Å². The van der Waals surface area contributed by atoms with Crippen molar-refractivity contribution in [3.05, 3.63) is 63.9 Å². The van der Waals surface area contributed by atoms with Gasteiger partial charge in [0.25, 0.3) is 0 Å². The van der Waals surface area contributed by atoms with Crippen LogP contribution in [0.5, 0.6) is 0 Å². The molecular weight excluding hydrogens is 655 g/mol. The number of Topliss-reactive ketones (excluding diaryl/α,β-unsaturated/α-hetero) is 1. The highest BCUT2D eigenvalue weighted by molar-refractivity contribution is 9.10. The van der Waals surface area contributed by atoms with Crippen LogP contribution in [0.1, 0.15) is 40.8 Å². The number of ketones is 1. The molecule has 3 aromatic heterocycles. The van der Waals surface area contributed by atoms with Crippen LogP contribution in [0, 0.1) is 32.1 Å². The monoisotopic (exact) mass is 688 g/mol. The molecule has 0 aliphatic carbocycles. The van der Waals surface area contributed by atoms with E-state index in [0.717, 1.165) is 5.56 Å². The van der Waals surface area contributed by atoms with Gasteiger partial charge in [-0.3, -0.25) is 19.1 Å². The Morgan fingerprint density at radius 2 is 1.87 bits per heavy atom. The quantitative estimate of drug-likeness (QED) is 0.156. The van der Waals surface area contributed by atoms with E-state index in [1.54, 1.807) is 37.5 Å². The topological polar surface area (TPSA) is 126 Å². The Labute approximate surface area is 274 Å². The van der Waals surface area contributed by atoms with E-state index in [1.807, 2.05) is 32.0 Å². The molecule has 1 saturated heterocycles. The number of nitrogens with zero attached hydrogens (tertiary/aromatic N) is 7. The zero-order valence-electron chi connectivity index (χ0n) is 26.2. The highest BCUT2D eigenvalue weighted by Crippen LogP contribution is 2.34. The first-order valence-electron chi connectivity index (χ1n) is 14.7. The molecule has 0 saturated carbocycles. The zero-order valence-corrected chi connectivity index (χ0v) is 27.8. The number of nitrogens with one attached hydrogen (secondary N) is 1. The number of amides is 2. The minimum atomic E-state index is -0.901. The van der Waals surface area contributed by atoms with Gasteiger partial charge in [0.05, 0.1) is 11.6 Å². The molecule has 0 unspecified atom stereocenters. The van der Waals surface area contributed by atoms with Crippen molar-refractivity contribution in [3.63, 3.8) is 0 Å². The maximum Gasteiger partial charge on any atom is 0.248 e. The number of terminal acetylenes is 1. The Kier molecular flexibility index (Phi) is 9.60. The number of carbonyl (C=O) groups is 3. The Morgan fingerprint density at radius 3 is 2.50 bits per heavy atom. The van der Waals surface area contributed by atoms with Crippen LogP contribution in [0.2, 0.25) is 0 Å². The predicted octanol–water partition coefficient (Wildman–Crippen LogP) is 4.36. The lowest BCUT2D eigenvalue weighted by molar-refractivity contribution is -0.138. The first-order valence-corrected chi connectivity index (χ1v) is 15.5. The summed E-state index contributed by atoms with van der Waals surface area (Å²) in [5.41, 5.74) is 2.66. The Bertz CT molecular complexity index is 1870. The number of carbonyl (C=O) groups excluding carboxylic acids is 3. The van der Waals surface area contributed by atoms with E-state index < -0.39 is 30.6 Å². The van der Waals surface area contributed by atoms with Crippen molar-refractivity contribution < 1.29 is 18.8 Å². The van der Waals surface area contributed by atoms with Gasteiger partial charge in [-0.15, -0.1) is 6.42 Å². The van der Waals surface area contributed by atoms with Gasteiger partial charge in [0.1, 0.15) is 41.2 Å². The molecule has 0 spiro atoms. The number of halogens is 2. The van der Waals surface area contributed by atoms with E-state index in [-0.39, 0.29) is 29.5 Å². The van der Waals surface area contributed by atoms with E-state index in [2.05, 4.69) is 47.2 Å². The molecule has 5 rings (SSSR count). The summed E-state index contributed by atoms with van der Waals surface area (Å²) in [4.78, 5) is 56.9. The van der Waals surface area contributed by atoms with Gasteiger partial charge in [-0.1, -0.05) is 12.0 Å². The summed E-state index contributed by atoms with van der Waals surface area (Å²) < 4.78 is 16.5. The van der Waals surface area contributed by atoms with Crippen LogP contribution in [0.15, 0.2) is 41.3 Å². The second kappa shape index (κ2) is 13.4. The van der Waals surface area contributed by atoms with Gasteiger partial charge in [-0.05, 0) is 79.6 Å². The standard InChI is InChI=1S/C33H34BrFN8O3/c1-7-26-23(16-41(5)6)12-27(33(46)39-32-18(2)8-9-28(34)38-32)43(26)29(45)17-42-31-22(13-35)10-21(24-14-36-20(4)37-15-24)11-25(31)30(40-42)19(3)44/h1,8-11,14-15,23,26-27H,12-13,16-17H2,2-6H3,(H,38,39,46)/t23-,26-,27+/m1/s1. The van der Waals surface area contributed by atoms with Gasteiger partial charge in [0, 0.05) is 48.3 Å². The summed E-state index contributed by atoms with van der Waals surface area (Å²) in [5, 5.41) is 7.75. The first kappa shape index (κ1) is 32.8. The van der Waals surface area contributed by atoms with Crippen LogP contribution in [0.3, 0.4) is 0 Å². The molecule has 1 N–H and O–H groups in total. The molecule has 1 aromatic carbocycles. The van der Waals surface area contributed by atoms with Crippen molar-refractivity contribution in [2.45, 2.75) is 52.5 Å². The van der Waals surface area contributed by atoms with Gasteiger partial charge in [-0.2, -0.15) is 5.10 Å². The number of likely N-dealkylation sites (tertiary alicyclic amines) is 1. The van der Waals surface area contributed by atoms with Crippen molar-refractivity contribution >= 4 is 50.2 Å². The van der Waals surface area contributed by atoms with Crippen molar-refractivity contribution in [1.29, 1.82) is 0 Å². The summed E-state index contributed by atoms with van der Waals surface area (Å²) in [6.45, 7) is 4.25. The average Bonchev–Trinajstić information content (AvgIpc) is 3.57. The third-order valence-electron chi connectivity index (χ3n) is 8.07. The van der Waals surface area contributed by atoms with Gasteiger partial charge >= 0.3 is 0 Å². The number of aryl methyl sites for hydroxylation is 2. The summed E-state index contributed by atoms with van der Waals surface area (Å²) >= 11 is 3.34. The number of hydrogen-bond acceptors (Lipinski definition) is 8. The van der Waals surface area contributed by atoms with E-state index in [0.29, 0.717) is 51.2 Å². The largest absolute Gasteiger partial charge is 0.315 e. The second-order valence-corrected chi connectivity index (χ2v) is 12.5. The Balaban J connectivity index is 1.54. The molecule has 3 atom stereocenters. The fourth-order valence-corrected chi connectivity index (χ4v) is 6.31. The molecule has 4 aromatic rings. The Hall–Kier alpha value is -4.54. The van der Waals surface area contributed by atoms with Crippen LogP contribution < -0.4 is 5.32 Å². The molecule has 11 nitrogen and oxygen atoms in total. The maximum absolute atomic E-state index is 14.6. The molecule has 46 heavy (non-hydrogen) atoms. The van der Waals surface area contributed by atoms with E-state index in [9.17, 15) is 18.8 Å². The molecule has 13 heteroatoms. The highest BCUT2D eigenvalue weighted by Gasteiger charge is 2.46. The summed E-state index contributed by atoms with van der Waals surface area (Å²) in [5.74, 6) is 2.24. The fourth-order valence-electron chi connectivity index (χ4n) is 6.00. The normalized spacial score (nSPS) is 17.8. The lowest BCUT2D eigenvalue weighted by Gasteiger charge is -2.29. The third-order valence-corrected chi connectivity index (χ3v) is 8.51. The van der Waals surface area contributed by atoms with Crippen LogP contribution in [-0.4, -0.2) is 84.9 Å². The van der Waals surface area contributed by atoms with E-state index >= 15 is 0 Å². The molecule has 2 amide bonds. The molecule has 1 aliphatic heterocycles. The van der Waals surface area contributed by atoms with Gasteiger partial charge < -0.3 is 15.1 Å². The number of rotatable bonds is 9. The van der Waals surface area contributed by atoms with Crippen LogP contribution >= 0.6 is 15.9 Å². The third kappa shape index (κ3) is 6.54. The smallest absolute Gasteiger partial charge is 0.248 e. The molecule has 4 heterocycles. The minimum absolute atomic E-state index is 0.0956. The minimum Gasteiger partial charge on any atom is -0.315 e. The second-order valence-electron chi connectivity index (χ2n) is 11.7. The predicted molar refractivity (Wildman–Crippen MR) is 176 cm³/mol. The van der Waals surface area contributed by atoms with Crippen LogP contribution in [-0.2, 0) is 22.8 Å². The van der Waals surface area contributed by atoms with Crippen LogP contribution in [0.4, 0.5) is 10.2 Å². The molecular formula is C33H34BrFN8O3. The maximum atomic E-state index is 14.6. The number of fused-ring (bicyclic) bond motifs is 1. The lowest BCUT2D eigenvalue weighted by Crippen LogP contribution is -2.48. The van der Waals surface area contributed by atoms with Gasteiger partial charge in [0.15, 0.2) is 5.78 Å². The van der Waals surface area contributed by atoms with Gasteiger partial charge in [0.2, 0.25) is 11.8 Å². The molecule has 1 aliphatic rings. The number of pyridine rings is 1. The van der Waals surface area contributed by atoms with E-state index in [4.69, 9.17) is 6.42 Å². The summed E-state index contributed by atoms with van der Waals surface area (Å²) in [6, 6.07) is 5.36. The molecule has 238 valence electrons. The summed E-state index contributed by atoms with van der Waals surface area (Å²) in [7, 11) is 3.80. The number of anilines is 1. The van der Waals surface area contributed by atoms with Gasteiger partial charge in [-0.25, -0.2) is 19.3 Å².